The van der Waals surface area contributed by atoms with Crippen LogP contribution in [-0.2, 0) is 13.2 Å². The van der Waals surface area contributed by atoms with Crippen LogP contribution in [0.5, 0.6) is 5.75 Å². The maximum atomic E-state index is 5.84. The number of nitrogens with zero attached hydrogens (tertiary/aromatic N) is 4. The van der Waals surface area contributed by atoms with Gasteiger partial charge in [-0.1, -0.05) is 72.4 Å². The summed E-state index contributed by atoms with van der Waals surface area (Å²) in [5.74, 6) is 1.84. The van der Waals surface area contributed by atoms with Crippen LogP contribution in [0.1, 0.15) is 17.5 Å². The Balaban J connectivity index is 1.14. The van der Waals surface area contributed by atoms with Crippen LogP contribution in [0, 0.1) is 0 Å². The van der Waals surface area contributed by atoms with Crippen molar-refractivity contribution < 1.29 is 4.74 Å². The molecule has 0 saturated carbocycles. The van der Waals surface area contributed by atoms with Crippen molar-refractivity contribution >= 4 is 11.8 Å². The highest BCUT2D eigenvalue weighted by Gasteiger charge is 2.08. The number of thioether (sulfide) groups is 1. The second-order valence-corrected chi connectivity index (χ2v) is 8.07. The van der Waals surface area contributed by atoms with Crippen LogP contribution < -0.4 is 10.1 Å². The Kier molecular flexibility index (Phi) is 7.68. The van der Waals surface area contributed by atoms with E-state index < -0.39 is 0 Å². The molecule has 1 aromatic heterocycles. The Morgan fingerprint density at radius 1 is 0.839 bits per heavy atom. The number of para-hydroxylation sites is 1. The quantitative estimate of drug-likeness (QED) is 0.278. The van der Waals surface area contributed by atoms with E-state index in [9.17, 15) is 0 Å². The summed E-state index contributed by atoms with van der Waals surface area (Å²) >= 11 is 1.67. The molecule has 31 heavy (non-hydrogen) atoms. The van der Waals surface area contributed by atoms with Crippen molar-refractivity contribution in [3.63, 3.8) is 0 Å². The first-order valence-electron chi connectivity index (χ1n) is 10.3. The molecule has 0 unspecified atom stereocenters. The summed E-state index contributed by atoms with van der Waals surface area (Å²) in [5.41, 5.74) is 3.39. The van der Waals surface area contributed by atoms with E-state index in [4.69, 9.17) is 4.74 Å². The lowest BCUT2D eigenvalue weighted by Gasteiger charge is -2.08. The van der Waals surface area contributed by atoms with E-state index in [2.05, 4.69) is 45.1 Å². The molecule has 3 aromatic carbocycles. The Labute approximate surface area is 186 Å². The monoisotopic (exact) mass is 431 g/mol. The second-order valence-electron chi connectivity index (χ2n) is 7.01. The van der Waals surface area contributed by atoms with Gasteiger partial charge < -0.3 is 10.1 Å². The van der Waals surface area contributed by atoms with Gasteiger partial charge in [-0.05, 0) is 58.8 Å². The van der Waals surface area contributed by atoms with Crippen molar-refractivity contribution in [2.75, 3.05) is 12.3 Å². The summed E-state index contributed by atoms with van der Waals surface area (Å²) < 4.78 is 7.62. The van der Waals surface area contributed by atoms with Crippen molar-refractivity contribution in [1.29, 1.82) is 0 Å². The molecule has 0 spiro atoms. The largest absolute Gasteiger partial charge is 0.489 e. The predicted octanol–water partition coefficient (Wildman–Crippen LogP) is 4.51. The summed E-state index contributed by atoms with van der Waals surface area (Å²) in [6.07, 6.45) is 1.03. The van der Waals surface area contributed by atoms with Crippen molar-refractivity contribution in [3.8, 4) is 11.4 Å². The Bertz CT molecular complexity index is 1040. The average Bonchev–Trinajstić information content (AvgIpc) is 3.30. The summed E-state index contributed by atoms with van der Waals surface area (Å²) in [4.78, 5) is 0. The zero-order chi connectivity index (χ0) is 21.1. The molecule has 0 bridgehead atoms. The number of nitrogens with one attached hydrogen (secondary N) is 1. The van der Waals surface area contributed by atoms with E-state index >= 15 is 0 Å². The molecule has 1 N–H and O–H groups in total. The first-order chi connectivity index (χ1) is 15.4. The third-order valence-corrected chi connectivity index (χ3v) is 5.68. The van der Waals surface area contributed by atoms with Gasteiger partial charge in [0.1, 0.15) is 12.4 Å². The number of rotatable bonds is 11. The molecule has 1 heterocycles. The molecule has 158 valence electrons. The molecule has 0 atom stereocenters. The van der Waals surface area contributed by atoms with Gasteiger partial charge >= 0.3 is 0 Å². The standard InChI is InChI=1S/C24H25N5OS/c1-3-8-21(9-4-1)19-30-23-14-12-20(13-15-23)18-25-16-7-17-31-24-26-27-28-29(24)22-10-5-2-6-11-22/h1-6,8-15,25H,7,16-19H2. The van der Waals surface area contributed by atoms with Gasteiger partial charge in [-0.15, -0.1) is 5.10 Å². The van der Waals surface area contributed by atoms with Crippen LogP contribution in [0.4, 0.5) is 0 Å². The summed E-state index contributed by atoms with van der Waals surface area (Å²) in [6, 6.07) is 28.4. The Morgan fingerprint density at radius 2 is 1.58 bits per heavy atom. The lowest BCUT2D eigenvalue weighted by molar-refractivity contribution is 0.306. The Hall–Kier alpha value is -3.16. The molecule has 0 aliphatic heterocycles. The minimum Gasteiger partial charge on any atom is -0.489 e. The van der Waals surface area contributed by atoms with Crippen molar-refractivity contribution in [3.05, 3.63) is 96.1 Å². The molecular weight excluding hydrogens is 406 g/mol. The fraction of sp³-hybridized carbons (Fsp3) is 0.208. The van der Waals surface area contributed by atoms with E-state index in [-0.39, 0.29) is 0 Å². The maximum Gasteiger partial charge on any atom is 0.214 e. The number of benzene rings is 3. The van der Waals surface area contributed by atoms with Gasteiger partial charge in [0, 0.05) is 12.3 Å². The smallest absolute Gasteiger partial charge is 0.214 e. The second kappa shape index (κ2) is 11.3. The molecule has 0 saturated heterocycles. The zero-order valence-corrected chi connectivity index (χ0v) is 18.0. The highest BCUT2D eigenvalue weighted by atomic mass is 32.2. The van der Waals surface area contributed by atoms with Gasteiger partial charge in [-0.2, -0.15) is 4.68 Å². The molecule has 4 rings (SSSR count). The average molecular weight is 432 g/mol. The molecule has 0 aliphatic carbocycles. The first-order valence-corrected chi connectivity index (χ1v) is 11.3. The third kappa shape index (κ3) is 6.41. The van der Waals surface area contributed by atoms with Crippen LogP contribution in [0.15, 0.2) is 90.1 Å². The lowest BCUT2D eigenvalue weighted by Crippen LogP contribution is -2.15. The van der Waals surface area contributed by atoms with E-state index in [0.29, 0.717) is 6.61 Å². The molecule has 6 nitrogen and oxygen atoms in total. The van der Waals surface area contributed by atoms with Crippen LogP contribution in [0.25, 0.3) is 5.69 Å². The van der Waals surface area contributed by atoms with E-state index in [0.717, 1.165) is 41.9 Å². The molecule has 0 amide bonds. The maximum absolute atomic E-state index is 5.84. The molecule has 0 fully saturated rings. The lowest BCUT2D eigenvalue weighted by atomic mass is 10.2. The molecule has 4 aromatic rings. The molecular formula is C24H25N5OS. The van der Waals surface area contributed by atoms with Gasteiger partial charge in [-0.25, -0.2) is 0 Å². The third-order valence-electron chi connectivity index (χ3n) is 4.67. The molecule has 7 heteroatoms. The fourth-order valence-electron chi connectivity index (χ4n) is 3.04. The van der Waals surface area contributed by atoms with Crippen molar-refractivity contribution in [2.45, 2.75) is 24.7 Å². The minimum absolute atomic E-state index is 0.587. The van der Waals surface area contributed by atoms with E-state index in [1.165, 1.54) is 11.1 Å². The first kappa shape index (κ1) is 21.1. The topological polar surface area (TPSA) is 64.9 Å². The Morgan fingerprint density at radius 3 is 2.35 bits per heavy atom. The molecule has 0 aliphatic rings. The van der Waals surface area contributed by atoms with Gasteiger partial charge in [-0.3, -0.25) is 0 Å². The predicted molar refractivity (Wildman–Crippen MR) is 123 cm³/mol. The van der Waals surface area contributed by atoms with Gasteiger partial charge in [0.2, 0.25) is 5.16 Å². The number of tetrazole rings is 1. The zero-order valence-electron chi connectivity index (χ0n) is 17.2. The fourth-order valence-corrected chi connectivity index (χ4v) is 3.87. The summed E-state index contributed by atoms with van der Waals surface area (Å²) in [5, 5.41) is 16.3. The highest BCUT2D eigenvalue weighted by Crippen LogP contribution is 2.18. The van der Waals surface area contributed by atoms with Crippen LogP contribution in [0.3, 0.4) is 0 Å². The van der Waals surface area contributed by atoms with Crippen LogP contribution in [-0.4, -0.2) is 32.5 Å². The summed E-state index contributed by atoms with van der Waals surface area (Å²) in [6.45, 7) is 2.36. The van der Waals surface area contributed by atoms with Crippen LogP contribution >= 0.6 is 11.8 Å². The van der Waals surface area contributed by atoms with Crippen molar-refractivity contribution in [1.82, 2.24) is 25.5 Å². The molecule has 0 radical (unpaired) electrons. The summed E-state index contributed by atoms with van der Waals surface area (Å²) in [7, 11) is 0. The van der Waals surface area contributed by atoms with Gasteiger partial charge in [0.05, 0.1) is 5.69 Å². The van der Waals surface area contributed by atoms with Gasteiger partial charge in [0.15, 0.2) is 0 Å². The van der Waals surface area contributed by atoms with Gasteiger partial charge in [0.25, 0.3) is 0 Å². The highest BCUT2D eigenvalue weighted by molar-refractivity contribution is 7.99. The normalized spacial score (nSPS) is 10.8. The van der Waals surface area contributed by atoms with Crippen molar-refractivity contribution in [2.24, 2.45) is 0 Å². The number of aromatic nitrogens is 4. The number of hydrogen-bond donors (Lipinski definition) is 1. The van der Waals surface area contributed by atoms with E-state index in [1.807, 2.05) is 60.7 Å². The minimum atomic E-state index is 0.587. The number of ether oxygens (including phenoxy) is 1. The van der Waals surface area contributed by atoms with E-state index in [1.54, 1.807) is 16.4 Å². The van der Waals surface area contributed by atoms with Crippen LogP contribution in [0.2, 0.25) is 0 Å². The SMILES string of the molecule is c1ccc(COc2ccc(CNCCCSc3nnnn3-c3ccccc3)cc2)cc1. The number of hydrogen-bond acceptors (Lipinski definition) is 6.